The van der Waals surface area contributed by atoms with E-state index in [2.05, 4.69) is 0 Å². The van der Waals surface area contributed by atoms with Gasteiger partial charge in [0.1, 0.15) is 0 Å². The standard InChI is InChI=1S/C22H24BN5O2/c1-15-13-17(25-22(15)19(10-11-24)20-5-4-12-27(20)23)8-6-16-7-9-18(26(2)3)14-21(16)28(29)30/h4-9,12-14H,10-11,24H2,1-3H3/b8-6+,22-19-. The van der Waals surface area contributed by atoms with E-state index in [1.807, 2.05) is 50.2 Å². The number of nitro groups is 1. The Balaban J connectivity index is 1.98. The zero-order chi connectivity index (χ0) is 21.8. The van der Waals surface area contributed by atoms with Crippen LogP contribution in [0.25, 0.3) is 11.6 Å². The van der Waals surface area contributed by atoms with Crippen molar-refractivity contribution in [1.82, 2.24) is 4.48 Å². The van der Waals surface area contributed by atoms with Crippen molar-refractivity contribution in [1.29, 1.82) is 0 Å². The second kappa shape index (κ2) is 8.96. The first-order valence-corrected chi connectivity index (χ1v) is 9.59. The maximum absolute atomic E-state index is 11.5. The van der Waals surface area contributed by atoms with Gasteiger partial charge < -0.3 is 15.1 Å². The fourth-order valence-electron chi connectivity index (χ4n) is 3.38. The Labute approximate surface area is 177 Å². The van der Waals surface area contributed by atoms with Crippen LogP contribution in [0.1, 0.15) is 24.6 Å². The van der Waals surface area contributed by atoms with E-state index in [0.717, 1.165) is 33.9 Å². The maximum atomic E-state index is 11.5. The first-order valence-electron chi connectivity index (χ1n) is 9.59. The molecule has 2 heterocycles. The lowest BCUT2D eigenvalue weighted by molar-refractivity contribution is -0.385. The second-order valence-electron chi connectivity index (χ2n) is 7.26. The molecule has 1 aliphatic heterocycles. The molecule has 0 unspecified atom stereocenters. The highest BCUT2D eigenvalue weighted by Gasteiger charge is 2.18. The summed E-state index contributed by atoms with van der Waals surface area (Å²) in [5.74, 6) is 0. The van der Waals surface area contributed by atoms with Crippen LogP contribution in [-0.2, 0) is 0 Å². The van der Waals surface area contributed by atoms with Crippen LogP contribution in [0, 0.1) is 10.1 Å². The van der Waals surface area contributed by atoms with Crippen molar-refractivity contribution in [2.45, 2.75) is 13.3 Å². The Kier molecular flexibility index (Phi) is 6.37. The molecule has 2 aromatic rings. The minimum Gasteiger partial charge on any atom is -0.403 e. The number of nitrogens with two attached hydrogens (primary N) is 1. The highest BCUT2D eigenvalue weighted by atomic mass is 16.6. The third-order valence-electron chi connectivity index (χ3n) is 4.91. The van der Waals surface area contributed by atoms with Crippen LogP contribution in [0.3, 0.4) is 0 Å². The molecule has 1 aromatic heterocycles. The Morgan fingerprint density at radius 2 is 2.10 bits per heavy atom. The summed E-state index contributed by atoms with van der Waals surface area (Å²) in [5.41, 5.74) is 11.6. The smallest absolute Gasteiger partial charge is 0.278 e. The molecule has 8 heteroatoms. The highest BCUT2D eigenvalue weighted by molar-refractivity contribution is 6.11. The molecule has 2 N–H and O–H groups in total. The number of allylic oxidation sites excluding steroid dienone is 3. The van der Waals surface area contributed by atoms with Crippen LogP contribution in [0.2, 0.25) is 0 Å². The number of nitro benzene ring substituents is 1. The van der Waals surface area contributed by atoms with E-state index < -0.39 is 0 Å². The summed E-state index contributed by atoms with van der Waals surface area (Å²) in [7, 11) is 9.72. The third kappa shape index (κ3) is 4.44. The molecule has 0 saturated carbocycles. The number of anilines is 1. The number of aliphatic imine (C=N–C) groups is 1. The van der Waals surface area contributed by atoms with Gasteiger partial charge in [0.05, 0.1) is 21.9 Å². The zero-order valence-corrected chi connectivity index (χ0v) is 17.4. The third-order valence-corrected chi connectivity index (χ3v) is 4.91. The van der Waals surface area contributed by atoms with Gasteiger partial charge in [-0.1, -0.05) is 0 Å². The van der Waals surface area contributed by atoms with Crippen LogP contribution in [0.5, 0.6) is 0 Å². The van der Waals surface area contributed by atoms with E-state index in [1.165, 1.54) is 0 Å². The molecule has 0 saturated heterocycles. The van der Waals surface area contributed by atoms with Crippen LogP contribution < -0.4 is 10.6 Å². The number of rotatable bonds is 7. The van der Waals surface area contributed by atoms with E-state index in [4.69, 9.17) is 18.7 Å². The number of hydrogen-bond donors (Lipinski definition) is 1. The molecular formula is C22H24BN5O2. The topological polar surface area (TPSA) is 89.7 Å². The van der Waals surface area contributed by atoms with Crippen molar-refractivity contribution < 1.29 is 4.92 Å². The number of aromatic nitrogens is 1. The molecule has 152 valence electrons. The van der Waals surface area contributed by atoms with Gasteiger partial charge in [-0.25, -0.2) is 4.99 Å². The Hall–Kier alpha value is -3.39. The first-order chi connectivity index (χ1) is 14.3. The van der Waals surface area contributed by atoms with Gasteiger partial charge in [-0.05, 0) is 74.2 Å². The Morgan fingerprint density at radius 1 is 1.33 bits per heavy atom. The quantitative estimate of drug-likeness (QED) is 0.436. The van der Waals surface area contributed by atoms with Crippen molar-refractivity contribution in [3.05, 3.63) is 81.3 Å². The van der Waals surface area contributed by atoms with Crippen LogP contribution >= 0.6 is 0 Å². The molecule has 0 atom stereocenters. The molecule has 0 bridgehead atoms. The summed E-state index contributed by atoms with van der Waals surface area (Å²) in [6, 6.07) is 8.97. The van der Waals surface area contributed by atoms with Crippen molar-refractivity contribution >= 4 is 36.7 Å². The summed E-state index contributed by atoms with van der Waals surface area (Å²) < 4.78 is 1.56. The van der Waals surface area contributed by atoms with E-state index in [-0.39, 0.29) is 10.6 Å². The molecule has 2 radical (unpaired) electrons. The maximum Gasteiger partial charge on any atom is 0.278 e. The lowest BCUT2D eigenvalue weighted by atomic mass is 10.0. The molecule has 30 heavy (non-hydrogen) atoms. The number of nitrogens with zero attached hydrogens (tertiary/aromatic N) is 4. The van der Waals surface area contributed by atoms with Gasteiger partial charge in [-0.3, -0.25) is 10.1 Å². The molecule has 0 amide bonds. The molecule has 0 aliphatic carbocycles. The molecule has 0 spiro atoms. The second-order valence-corrected chi connectivity index (χ2v) is 7.26. The van der Waals surface area contributed by atoms with Gasteiger partial charge in [-0.2, -0.15) is 0 Å². The fraction of sp³-hybridized carbons (Fsp3) is 0.227. The van der Waals surface area contributed by atoms with Crippen LogP contribution in [0.15, 0.2) is 64.9 Å². The Bertz CT molecular complexity index is 1090. The van der Waals surface area contributed by atoms with Crippen LogP contribution in [0.4, 0.5) is 11.4 Å². The summed E-state index contributed by atoms with van der Waals surface area (Å²) >= 11 is 0. The lowest BCUT2D eigenvalue weighted by Crippen LogP contribution is -2.09. The van der Waals surface area contributed by atoms with E-state index in [9.17, 15) is 10.1 Å². The monoisotopic (exact) mass is 401 g/mol. The van der Waals surface area contributed by atoms with Gasteiger partial charge in [0.2, 0.25) is 7.98 Å². The minimum absolute atomic E-state index is 0.0530. The number of benzene rings is 1. The van der Waals surface area contributed by atoms with Gasteiger partial charge >= 0.3 is 0 Å². The number of hydrogen-bond acceptors (Lipinski definition) is 5. The fourth-order valence-corrected chi connectivity index (χ4v) is 3.38. The van der Waals surface area contributed by atoms with Gasteiger partial charge in [-0.15, -0.1) is 0 Å². The predicted octanol–water partition coefficient (Wildman–Crippen LogP) is 3.57. The lowest BCUT2D eigenvalue weighted by Gasteiger charge is -2.12. The molecule has 7 nitrogen and oxygen atoms in total. The minimum atomic E-state index is -0.371. The van der Waals surface area contributed by atoms with Gasteiger partial charge in [0.15, 0.2) is 0 Å². The SMILES string of the molecule is [B]n1cccc1/C(CCN)=C1N=C(/C=C/c2ccc(N(C)C)cc2[N+](=O)[O-])C=C\1C. The first kappa shape index (κ1) is 21.3. The van der Waals surface area contributed by atoms with Crippen LogP contribution in [-0.4, -0.2) is 43.7 Å². The molecule has 1 aliphatic rings. The summed E-state index contributed by atoms with van der Waals surface area (Å²) in [6.07, 6.45) is 7.88. The van der Waals surface area contributed by atoms with E-state index in [0.29, 0.717) is 18.5 Å². The van der Waals surface area contributed by atoms with Crippen molar-refractivity contribution in [3.63, 3.8) is 0 Å². The van der Waals surface area contributed by atoms with Crippen molar-refractivity contribution in [2.24, 2.45) is 10.7 Å². The summed E-state index contributed by atoms with van der Waals surface area (Å²) in [4.78, 5) is 17.7. The average molecular weight is 401 g/mol. The highest BCUT2D eigenvalue weighted by Crippen LogP contribution is 2.31. The predicted molar refractivity (Wildman–Crippen MR) is 124 cm³/mol. The van der Waals surface area contributed by atoms with Crippen molar-refractivity contribution in [3.8, 4) is 0 Å². The van der Waals surface area contributed by atoms with Gasteiger partial charge in [0.25, 0.3) is 5.69 Å². The largest absolute Gasteiger partial charge is 0.403 e. The molecule has 3 rings (SSSR count). The molecular weight excluding hydrogens is 377 g/mol. The molecule has 0 fully saturated rings. The normalized spacial score (nSPS) is 15.3. The summed E-state index contributed by atoms with van der Waals surface area (Å²) in [6.45, 7) is 2.46. The molecule has 1 aromatic carbocycles. The van der Waals surface area contributed by atoms with E-state index in [1.54, 1.807) is 35.0 Å². The Morgan fingerprint density at radius 3 is 2.70 bits per heavy atom. The zero-order valence-electron chi connectivity index (χ0n) is 17.4. The van der Waals surface area contributed by atoms with E-state index >= 15 is 0 Å². The van der Waals surface area contributed by atoms with Crippen molar-refractivity contribution in [2.75, 3.05) is 25.5 Å². The average Bonchev–Trinajstić information content (AvgIpc) is 3.29. The van der Waals surface area contributed by atoms with Gasteiger partial charge in [0, 0.05) is 37.1 Å². The summed E-state index contributed by atoms with van der Waals surface area (Å²) in [5, 5.41) is 11.5.